The largest absolute Gasteiger partial charge is 0.408 e. The molecule has 3 nitrogen and oxygen atoms in total. The summed E-state index contributed by atoms with van der Waals surface area (Å²) in [5, 5.41) is 7.10. The molecule has 0 N–H and O–H groups in total. The Balaban J connectivity index is 1.57. The zero-order valence-electron chi connectivity index (χ0n) is 22.4. The average Bonchev–Trinajstić information content (AvgIpc) is 3.36. The third kappa shape index (κ3) is 4.54. The number of hydrogen-bond acceptors (Lipinski definition) is 3. The molecule has 0 saturated heterocycles. The van der Waals surface area contributed by atoms with E-state index in [2.05, 4.69) is 115 Å². The Bertz CT molecular complexity index is 1700. The second kappa shape index (κ2) is 10.6. The van der Waals surface area contributed by atoms with E-state index in [9.17, 15) is 0 Å². The van der Waals surface area contributed by atoms with E-state index in [-0.39, 0.29) is 6.04 Å². The van der Waals surface area contributed by atoms with Crippen molar-refractivity contribution in [2.75, 3.05) is 4.67 Å². The standard InChI is InChI=1S/C35H34NO2P/c1-25(26-13-5-4-6-14-26)36(29-17-7-2-3-8-18-29)39-37-32-23-21-27-15-9-11-19-30(27)34(32)35-31-20-12-10-16-28(31)22-24-33(35)38-39/h4-6,9-16,19-25,29H,2-3,7-8,17-18H2,1H3/t25-/m1/s1. The van der Waals surface area contributed by atoms with E-state index in [1.54, 1.807) is 0 Å². The van der Waals surface area contributed by atoms with E-state index in [1.165, 1.54) is 65.6 Å². The lowest BCUT2D eigenvalue weighted by atomic mass is 9.99. The van der Waals surface area contributed by atoms with Gasteiger partial charge in [-0.1, -0.05) is 117 Å². The minimum absolute atomic E-state index is 0.173. The number of rotatable bonds is 4. The third-order valence-electron chi connectivity index (χ3n) is 8.45. The molecule has 1 fully saturated rings. The summed E-state index contributed by atoms with van der Waals surface area (Å²) in [6, 6.07) is 37.4. The second-order valence-corrected chi connectivity index (χ2v) is 12.2. The fourth-order valence-corrected chi connectivity index (χ4v) is 8.23. The van der Waals surface area contributed by atoms with Gasteiger partial charge in [0.15, 0.2) is 0 Å². The third-order valence-corrected chi connectivity index (χ3v) is 10.2. The van der Waals surface area contributed by atoms with Crippen LogP contribution in [-0.2, 0) is 0 Å². The fourth-order valence-electron chi connectivity index (χ4n) is 6.45. The molecule has 6 aromatic rings. The van der Waals surface area contributed by atoms with Crippen LogP contribution in [0, 0.1) is 0 Å². The van der Waals surface area contributed by atoms with Crippen molar-refractivity contribution in [3.05, 3.63) is 109 Å². The maximum Gasteiger partial charge on any atom is 0.310 e. The zero-order chi connectivity index (χ0) is 26.2. The molecule has 0 aliphatic heterocycles. The molecule has 5 aromatic carbocycles. The van der Waals surface area contributed by atoms with Gasteiger partial charge >= 0.3 is 8.16 Å². The number of nitrogens with zero attached hydrogens (tertiary/aromatic N) is 1. The first-order chi connectivity index (χ1) is 19.3. The Labute approximate surface area is 230 Å². The maximum atomic E-state index is 7.06. The van der Waals surface area contributed by atoms with Crippen LogP contribution >= 0.6 is 8.16 Å². The van der Waals surface area contributed by atoms with Crippen LogP contribution in [0.1, 0.15) is 57.1 Å². The fraction of sp³-hybridized carbons (Fsp3) is 0.257. The van der Waals surface area contributed by atoms with Gasteiger partial charge in [-0.25, -0.2) is 0 Å². The Morgan fingerprint density at radius 1 is 0.615 bits per heavy atom. The second-order valence-electron chi connectivity index (χ2n) is 10.9. The van der Waals surface area contributed by atoms with E-state index >= 15 is 0 Å². The molecule has 0 radical (unpaired) electrons. The smallest absolute Gasteiger partial charge is 0.310 e. The van der Waals surface area contributed by atoms with Gasteiger partial charge in [0, 0.05) is 22.9 Å². The van der Waals surface area contributed by atoms with Gasteiger partial charge in [0.1, 0.15) is 11.2 Å². The molecule has 7 rings (SSSR count). The van der Waals surface area contributed by atoms with E-state index in [0.717, 1.165) is 21.9 Å². The topological polar surface area (TPSA) is 29.5 Å². The normalized spacial score (nSPS) is 15.7. The molecule has 1 aromatic heterocycles. The Morgan fingerprint density at radius 3 is 1.69 bits per heavy atom. The highest BCUT2D eigenvalue weighted by Crippen LogP contribution is 2.46. The van der Waals surface area contributed by atoms with Crippen molar-refractivity contribution in [1.29, 1.82) is 0 Å². The molecule has 0 bridgehead atoms. The maximum absolute atomic E-state index is 7.06. The SMILES string of the molecule is C[C@H](c1ccccc1)N(C1CCCCCC1)p1oc2ccc3ccccc3c2c2c(ccc3ccccc32)o1. The van der Waals surface area contributed by atoms with Gasteiger partial charge in [-0.2, -0.15) is 4.67 Å². The summed E-state index contributed by atoms with van der Waals surface area (Å²) in [4.78, 5) is 0. The molecule has 196 valence electrons. The predicted octanol–water partition coefficient (Wildman–Crippen LogP) is 11.0. The lowest BCUT2D eigenvalue weighted by Gasteiger charge is -2.33. The molecule has 1 aliphatic rings. The summed E-state index contributed by atoms with van der Waals surface area (Å²) in [6.07, 6.45) is 7.50. The number of fused-ring (bicyclic) bond motifs is 7. The average molecular weight is 532 g/mol. The highest BCUT2D eigenvalue weighted by atomic mass is 31.1. The van der Waals surface area contributed by atoms with Crippen molar-refractivity contribution in [3.8, 4) is 0 Å². The predicted molar refractivity (Wildman–Crippen MR) is 166 cm³/mol. The first-order valence-electron chi connectivity index (χ1n) is 14.3. The Hall–Kier alpha value is -3.52. The van der Waals surface area contributed by atoms with Crippen LogP contribution in [0.3, 0.4) is 0 Å². The Kier molecular flexibility index (Phi) is 6.64. The molecule has 1 heterocycles. The van der Waals surface area contributed by atoms with E-state index < -0.39 is 8.16 Å². The minimum Gasteiger partial charge on any atom is -0.408 e. The van der Waals surface area contributed by atoms with Crippen LogP contribution in [-0.4, -0.2) is 6.04 Å². The van der Waals surface area contributed by atoms with Crippen LogP contribution in [0.15, 0.2) is 112 Å². The van der Waals surface area contributed by atoms with Gasteiger partial charge in [0.25, 0.3) is 0 Å². The van der Waals surface area contributed by atoms with Crippen molar-refractivity contribution < 1.29 is 8.39 Å². The van der Waals surface area contributed by atoms with Gasteiger partial charge in [0.05, 0.1) is 0 Å². The molecule has 1 aliphatic carbocycles. The number of hydrogen-bond donors (Lipinski definition) is 0. The van der Waals surface area contributed by atoms with Gasteiger partial charge in [0.2, 0.25) is 0 Å². The van der Waals surface area contributed by atoms with Crippen LogP contribution in [0.4, 0.5) is 0 Å². The van der Waals surface area contributed by atoms with Crippen LogP contribution in [0.25, 0.3) is 43.5 Å². The highest BCUT2D eigenvalue weighted by molar-refractivity contribution is 7.39. The van der Waals surface area contributed by atoms with Gasteiger partial charge in [-0.05, 0) is 59.0 Å². The Morgan fingerprint density at radius 2 is 1.13 bits per heavy atom. The summed E-state index contributed by atoms with van der Waals surface area (Å²) < 4.78 is 16.7. The van der Waals surface area contributed by atoms with Crippen molar-refractivity contribution in [2.24, 2.45) is 0 Å². The highest BCUT2D eigenvalue weighted by Gasteiger charge is 2.31. The van der Waals surface area contributed by atoms with Crippen molar-refractivity contribution in [1.82, 2.24) is 0 Å². The molecule has 1 atom stereocenters. The molecule has 0 spiro atoms. The van der Waals surface area contributed by atoms with E-state index in [4.69, 9.17) is 8.39 Å². The summed E-state index contributed by atoms with van der Waals surface area (Å²) in [7, 11) is -1.41. The van der Waals surface area contributed by atoms with Crippen molar-refractivity contribution in [3.63, 3.8) is 0 Å². The minimum atomic E-state index is -1.41. The van der Waals surface area contributed by atoms with E-state index in [1.807, 2.05) is 0 Å². The molecular weight excluding hydrogens is 497 g/mol. The molecular formula is C35H34NO2P. The molecule has 0 unspecified atom stereocenters. The van der Waals surface area contributed by atoms with Crippen LogP contribution < -0.4 is 4.67 Å². The monoisotopic (exact) mass is 531 g/mol. The molecule has 39 heavy (non-hydrogen) atoms. The lowest BCUT2D eigenvalue weighted by Crippen LogP contribution is -2.35. The molecule has 0 amide bonds. The van der Waals surface area contributed by atoms with Crippen LogP contribution in [0.5, 0.6) is 0 Å². The summed E-state index contributed by atoms with van der Waals surface area (Å²) in [5.41, 5.74) is 3.13. The number of benzene rings is 5. The quantitative estimate of drug-likeness (QED) is 0.212. The van der Waals surface area contributed by atoms with Crippen molar-refractivity contribution >= 4 is 51.6 Å². The first-order valence-corrected chi connectivity index (χ1v) is 15.4. The summed E-state index contributed by atoms with van der Waals surface area (Å²) >= 11 is 0. The summed E-state index contributed by atoms with van der Waals surface area (Å²) in [6.45, 7) is 2.32. The first kappa shape index (κ1) is 24.5. The molecule has 1 saturated carbocycles. The van der Waals surface area contributed by atoms with Crippen LogP contribution in [0.2, 0.25) is 0 Å². The van der Waals surface area contributed by atoms with Gasteiger partial charge in [-0.15, -0.1) is 0 Å². The zero-order valence-corrected chi connectivity index (χ0v) is 23.3. The van der Waals surface area contributed by atoms with E-state index in [0.29, 0.717) is 6.04 Å². The molecule has 4 heteroatoms. The van der Waals surface area contributed by atoms with Crippen molar-refractivity contribution in [2.45, 2.75) is 57.5 Å². The van der Waals surface area contributed by atoms with Gasteiger partial charge < -0.3 is 8.39 Å². The summed E-state index contributed by atoms with van der Waals surface area (Å²) in [5.74, 6) is 0. The van der Waals surface area contributed by atoms with Gasteiger partial charge in [-0.3, -0.25) is 0 Å². The lowest BCUT2D eigenvalue weighted by molar-refractivity contribution is 0.486.